The van der Waals surface area contributed by atoms with Crippen LogP contribution in [0.1, 0.15) is 19.1 Å². The molecule has 0 aliphatic carbocycles. The number of sulfonamides is 1. The molecule has 0 aliphatic heterocycles. The number of nitrogens with zero attached hydrogens (tertiary/aromatic N) is 1. The second-order valence-corrected chi connectivity index (χ2v) is 6.84. The number of nitrogens with one attached hydrogen (secondary N) is 1. The first-order chi connectivity index (χ1) is 8.87. The molecular formula is C12H22N2O4S. The molecule has 6 nitrogen and oxygen atoms in total. The highest BCUT2D eigenvalue weighted by atomic mass is 32.2. The van der Waals surface area contributed by atoms with Gasteiger partial charge < -0.3 is 14.8 Å². The smallest absolute Gasteiger partial charge is 0.275 e. The Labute approximate surface area is 114 Å². The van der Waals surface area contributed by atoms with Crippen LogP contribution in [0.3, 0.4) is 0 Å². The third-order valence-corrected chi connectivity index (χ3v) is 4.48. The first-order valence-electron chi connectivity index (χ1n) is 6.20. The van der Waals surface area contributed by atoms with Gasteiger partial charge >= 0.3 is 0 Å². The Bertz CT molecular complexity index is 482. The van der Waals surface area contributed by atoms with Crippen molar-refractivity contribution in [3.63, 3.8) is 0 Å². The summed E-state index contributed by atoms with van der Waals surface area (Å²) in [5.74, 6) is 0.946. The Morgan fingerprint density at radius 2 is 2.11 bits per heavy atom. The van der Waals surface area contributed by atoms with Crippen LogP contribution in [0.15, 0.2) is 21.6 Å². The van der Waals surface area contributed by atoms with E-state index in [1.54, 1.807) is 6.07 Å². The van der Waals surface area contributed by atoms with Gasteiger partial charge in [0.15, 0.2) is 0 Å². The maximum absolute atomic E-state index is 11.8. The predicted molar refractivity (Wildman–Crippen MR) is 72.2 cm³/mol. The average molecular weight is 290 g/mol. The van der Waals surface area contributed by atoms with Crippen LogP contribution < -0.4 is 5.32 Å². The van der Waals surface area contributed by atoms with E-state index in [0.717, 1.165) is 17.3 Å². The molecule has 0 amide bonds. The van der Waals surface area contributed by atoms with Crippen molar-refractivity contribution in [3.05, 3.63) is 17.9 Å². The zero-order valence-electron chi connectivity index (χ0n) is 11.6. The lowest BCUT2D eigenvalue weighted by Gasteiger charge is -2.10. The molecule has 0 saturated heterocycles. The van der Waals surface area contributed by atoms with Gasteiger partial charge in [0.05, 0.1) is 6.54 Å². The topological polar surface area (TPSA) is 82.8 Å². The average Bonchev–Trinajstić information content (AvgIpc) is 2.78. The van der Waals surface area contributed by atoms with Gasteiger partial charge in [-0.15, -0.1) is 0 Å². The largest absolute Gasteiger partial charge is 0.447 e. The van der Waals surface area contributed by atoms with Crippen LogP contribution in [0.25, 0.3) is 0 Å². The van der Waals surface area contributed by atoms with Crippen molar-refractivity contribution in [2.75, 3.05) is 27.2 Å². The van der Waals surface area contributed by atoms with Crippen LogP contribution in [0.2, 0.25) is 0 Å². The first kappa shape index (κ1) is 16.2. The minimum Gasteiger partial charge on any atom is -0.447 e. The fraction of sp³-hybridized carbons (Fsp3) is 0.667. The summed E-state index contributed by atoms with van der Waals surface area (Å²) < 4.78 is 30.0. The maximum atomic E-state index is 11.8. The standard InChI is InChI=1S/C12H22N2O4S/c1-10(6-7-15)8-13-9-11-4-5-12(18-11)19(16,17)14(2)3/h4-5,10,13,15H,6-9H2,1-3H3. The highest BCUT2D eigenvalue weighted by Crippen LogP contribution is 2.16. The van der Waals surface area contributed by atoms with E-state index in [1.807, 2.05) is 6.92 Å². The summed E-state index contributed by atoms with van der Waals surface area (Å²) >= 11 is 0. The minimum atomic E-state index is -3.50. The van der Waals surface area contributed by atoms with E-state index in [2.05, 4.69) is 5.32 Å². The molecule has 0 bridgehead atoms. The van der Waals surface area contributed by atoms with Crippen molar-refractivity contribution in [1.29, 1.82) is 0 Å². The number of furan rings is 1. The summed E-state index contributed by atoms with van der Waals surface area (Å²) in [5, 5.41) is 11.9. The number of rotatable bonds is 8. The van der Waals surface area contributed by atoms with Gasteiger partial charge in [0.2, 0.25) is 5.09 Å². The van der Waals surface area contributed by atoms with Crippen molar-refractivity contribution in [1.82, 2.24) is 9.62 Å². The molecule has 0 spiro atoms. The lowest BCUT2D eigenvalue weighted by molar-refractivity contribution is 0.259. The summed E-state index contributed by atoms with van der Waals surface area (Å²) in [7, 11) is -0.571. The Morgan fingerprint density at radius 3 is 2.68 bits per heavy atom. The van der Waals surface area contributed by atoms with Crippen molar-refractivity contribution in [2.45, 2.75) is 25.0 Å². The van der Waals surface area contributed by atoms with Crippen molar-refractivity contribution < 1.29 is 17.9 Å². The van der Waals surface area contributed by atoms with Crippen LogP contribution in [0.4, 0.5) is 0 Å². The molecule has 1 unspecified atom stereocenters. The van der Waals surface area contributed by atoms with Crippen LogP contribution in [-0.4, -0.2) is 45.1 Å². The molecule has 1 atom stereocenters. The lowest BCUT2D eigenvalue weighted by Crippen LogP contribution is -2.22. The van der Waals surface area contributed by atoms with E-state index in [-0.39, 0.29) is 11.7 Å². The van der Waals surface area contributed by atoms with Gasteiger partial charge in [-0.1, -0.05) is 6.92 Å². The van der Waals surface area contributed by atoms with E-state index < -0.39 is 10.0 Å². The third kappa shape index (κ3) is 4.61. The van der Waals surface area contributed by atoms with Gasteiger partial charge in [-0.3, -0.25) is 0 Å². The number of aliphatic hydroxyl groups is 1. The summed E-state index contributed by atoms with van der Waals surface area (Å²) in [6, 6.07) is 3.11. The zero-order valence-corrected chi connectivity index (χ0v) is 12.4. The number of hydrogen-bond acceptors (Lipinski definition) is 5. The van der Waals surface area contributed by atoms with Gasteiger partial charge in [-0.05, 0) is 31.0 Å². The summed E-state index contributed by atoms with van der Waals surface area (Å²) in [5.41, 5.74) is 0. The Kier molecular flexibility index (Phi) is 5.99. The van der Waals surface area contributed by atoms with Crippen molar-refractivity contribution in [2.24, 2.45) is 5.92 Å². The summed E-state index contributed by atoms with van der Waals surface area (Å²) in [6.45, 7) is 3.43. The molecule has 110 valence electrons. The van der Waals surface area contributed by atoms with Crippen molar-refractivity contribution in [3.8, 4) is 0 Å². The molecule has 1 aromatic heterocycles. The molecule has 1 heterocycles. The Hall–Kier alpha value is -0.890. The SMILES string of the molecule is CC(CCO)CNCc1ccc(S(=O)(=O)N(C)C)o1. The highest BCUT2D eigenvalue weighted by molar-refractivity contribution is 7.88. The third-order valence-electron chi connectivity index (χ3n) is 2.79. The normalized spacial score (nSPS) is 13.9. The molecule has 19 heavy (non-hydrogen) atoms. The van der Waals surface area contributed by atoms with E-state index >= 15 is 0 Å². The van der Waals surface area contributed by atoms with E-state index in [9.17, 15) is 8.42 Å². The first-order valence-corrected chi connectivity index (χ1v) is 7.64. The molecule has 1 rings (SSSR count). The quantitative estimate of drug-likeness (QED) is 0.734. The van der Waals surface area contributed by atoms with E-state index in [0.29, 0.717) is 18.2 Å². The second-order valence-electron chi connectivity index (χ2n) is 4.76. The molecule has 2 N–H and O–H groups in total. The maximum Gasteiger partial charge on any atom is 0.275 e. The van der Waals surface area contributed by atoms with Crippen LogP contribution in [0, 0.1) is 5.92 Å². The van der Waals surface area contributed by atoms with E-state index in [4.69, 9.17) is 9.52 Å². The molecule has 1 aromatic rings. The van der Waals surface area contributed by atoms with Gasteiger partial charge in [-0.25, -0.2) is 12.7 Å². The second kappa shape index (κ2) is 7.04. The van der Waals surface area contributed by atoms with Gasteiger partial charge in [0.25, 0.3) is 10.0 Å². The fourth-order valence-corrected chi connectivity index (χ4v) is 2.35. The monoisotopic (exact) mass is 290 g/mol. The zero-order chi connectivity index (χ0) is 14.5. The molecule has 0 fully saturated rings. The van der Waals surface area contributed by atoms with Crippen LogP contribution >= 0.6 is 0 Å². The molecule has 7 heteroatoms. The van der Waals surface area contributed by atoms with Crippen molar-refractivity contribution >= 4 is 10.0 Å². The van der Waals surface area contributed by atoms with Gasteiger partial charge in [0.1, 0.15) is 5.76 Å². The molecule has 0 aliphatic rings. The molecular weight excluding hydrogens is 268 g/mol. The van der Waals surface area contributed by atoms with Crippen LogP contribution in [-0.2, 0) is 16.6 Å². The highest BCUT2D eigenvalue weighted by Gasteiger charge is 2.21. The number of aliphatic hydroxyl groups excluding tert-OH is 1. The lowest BCUT2D eigenvalue weighted by atomic mass is 10.1. The molecule has 0 aromatic carbocycles. The Morgan fingerprint density at radius 1 is 1.42 bits per heavy atom. The predicted octanol–water partition coefficient (Wildman–Crippen LogP) is 0.638. The fourth-order valence-electron chi connectivity index (χ4n) is 1.54. The minimum absolute atomic E-state index is 0.0438. The van der Waals surface area contributed by atoms with Gasteiger partial charge in [0, 0.05) is 20.7 Å². The van der Waals surface area contributed by atoms with Crippen LogP contribution in [0.5, 0.6) is 0 Å². The summed E-state index contributed by atoms with van der Waals surface area (Å²) in [6.07, 6.45) is 0.741. The number of hydrogen-bond donors (Lipinski definition) is 2. The summed E-state index contributed by atoms with van der Waals surface area (Å²) in [4.78, 5) is 0. The van der Waals surface area contributed by atoms with Gasteiger partial charge in [-0.2, -0.15) is 0 Å². The van der Waals surface area contributed by atoms with E-state index in [1.165, 1.54) is 20.2 Å². The Balaban J connectivity index is 2.52. The molecule has 0 saturated carbocycles. The molecule has 0 radical (unpaired) electrons.